The van der Waals surface area contributed by atoms with E-state index in [-0.39, 0.29) is 0 Å². The lowest BCUT2D eigenvalue weighted by Crippen LogP contribution is -1.92. The second-order valence-corrected chi connectivity index (χ2v) is 3.51. The number of methoxy groups -OCH3 is 2. The summed E-state index contributed by atoms with van der Waals surface area (Å²) in [6, 6.07) is 3.63. The molecule has 2 rings (SSSR count). The normalized spacial score (nSPS) is 10.4. The fourth-order valence-electron chi connectivity index (χ4n) is 1.94. The lowest BCUT2D eigenvalue weighted by atomic mass is 10.1. The fourth-order valence-corrected chi connectivity index (χ4v) is 1.94. The summed E-state index contributed by atoms with van der Waals surface area (Å²) in [4.78, 5) is 11.0. The Balaban J connectivity index is 2.91. The van der Waals surface area contributed by atoms with Gasteiger partial charge in [0, 0.05) is 18.8 Å². The molecule has 0 amide bonds. The van der Waals surface area contributed by atoms with Gasteiger partial charge in [0.05, 0.1) is 25.1 Å². The Bertz CT molecular complexity index is 543. The predicted molar refractivity (Wildman–Crippen MR) is 61.4 cm³/mol. The van der Waals surface area contributed by atoms with Crippen LogP contribution in [0.25, 0.3) is 10.9 Å². The van der Waals surface area contributed by atoms with Gasteiger partial charge in [-0.15, -0.1) is 0 Å². The molecule has 0 saturated heterocycles. The minimum atomic E-state index is 0.605. The van der Waals surface area contributed by atoms with Gasteiger partial charge in [0.25, 0.3) is 0 Å². The minimum absolute atomic E-state index is 0.605. The Kier molecular flexibility index (Phi) is 2.56. The predicted octanol–water partition coefficient (Wildman–Crippen LogP) is 2.01. The van der Waals surface area contributed by atoms with Crippen LogP contribution >= 0.6 is 0 Å². The van der Waals surface area contributed by atoms with Crippen molar-refractivity contribution < 1.29 is 14.3 Å². The standard InChI is InChI=1S/C12H13NO3/c1-13-6-8(7-14)11-9(15-2)4-5-10(16-3)12(11)13/h4-7H,1-3H3. The monoisotopic (exact) mass is 219 g/mol. The summed E-state index contributed by atoms with van der Waals surface area (Å²) < 4.78 is 12.4. The van der Waals surface area contributed by atoms with Gasteiger partial charge in [-0.2, -0.15) is 0 Å². The average molecular weight is 219 g/mol. The molecule has 0 spiro atoms. The number of benzene rings is 1. The highest BCUT2D eigenvalue weighted by atomic mass is 16.5. The van der Waals surface area contributed by atoms with E-state index >= 15 is 0 Å². The molecule has 0 bridgehead atoms. The number of aromatic nitrogens is 1. The van der Waals surface area contributed by atoms with E-state index in [0.717, 1.165) is 22.9 Å². The second-order valence-electron chi connectivity index (χ2n) is 3.51. The summed E-state index contributed by atoms with van der Waals surface area (Å²) in [5, 5.41) is 0.791. The van der Waals surface area contributed by atoms with Crippen LogP contribution in [0.3, 0.4) is 0 Å². The summed E-state index contributed by atoms with van der Waals surface area (Å²) in [5.41, 5.74) is 1.47. The molecule has 4 heteroatoms. The molecule has 0 atom stereocenters. The molecule has 0 saturated carbocycles. The van der Waals surface area contributed by atoms with E-state index in [1.54, 1.807) is 26.5 Å². The number of ether oxygens (including phenoxy) is 2. The molecule has 0 fully saturated rings. The number of nitrogens with zero attached hydrogens (tertiary/aromatic N) is 1. The van der Waals surface area contributed by atoms with Crippen molar-refractivity contribution in [2.24, 2.45) is 7.05 Å². The Labute approximate surface area is 93.4 Å². The van der Waals surface area contributed by atoms with Crippen LogP contribution in [0.15, 0.2) is 18.3 Å². The summed E-state index contributed by atoms with van der Waals surface area (Å²) in [5.74, 6) is 1.41. The lowest BCUT2D eigenvalue weighted by molar-refractivity contribution is 0.112. The molecule has 2 aromatic rings. The number of fused-ring (bicyclic) bond motifs is 1. The molecule has 0 unspecified atom stereocenters. The number of hydrogen-bond donors (Lipinski definition) is 0. The van der Waals surface area contributed by atoms with Crippen LogP contribution < -0.4 is 9.47 Å². The molecule has 4 nitrogen and oxygen atoms in total. The summed E-state index contributed by atoms with van der Waals surface area (Å²) in [6.45, 7) is 0. The van der Waals surface area contributed by atoms with E-state index < -0.39 is 0 Å². The van der Waals surface area contributed by atoms with Crippen molar-refractivity contribution in [3.63, 3.8) is 0 Å². The number of aryl methyl sites for hydroxylation is 1. The van der Waals surface area contributed by atoms with E-state index in [9.17, 15) is 4.79 Å². The summed E-state index contributed by atoms with van der Waals surface area (Å²) >= 11 is 0. The fraction of sp³-hybridized carbons (Fsp3) is 0.250. The number of hydrogen-bond acceptors (Lipinski definition) is 3. The SMILES string of the molecule is COc1ccc(OC)c2c1c(C=O)cn2C. The van der Waals surface area contributed by atoms with Gasteiger partial charge in [0.2, 0.25) is 0 Å². The Morgan fingerprint density at radius 2 is 1.81 bits per heavy atom. The molecule has 0 aliphatic rings. The van der Waals surface area contributed by atoms with E-state index in [1.165, 1.54) is 0 Å². The van der Waals surface area contributed by atoms with Crippen LogP contribution in [0, 0.1) is 0 Å². The molecule has 0 aliphatic heterocycles. The Morgan fingerprint density at radius 3 is 2.38 bits per heavy atom. The molecule has 16 heavy (non-hydrogen) atoms. The van der Waals surface area contributed by atoms with E-state index in [2.05, 4.69) is 0 Å². The number of carbonyl (C=O) groups is 1. The molecular weight excluding hydrogens is 206 g/mol. The van der Waals surface area contributed by atoms with Crippen molar-refractivity contribution >= 4 is 17.2 Å². The topological polar surface area (TPSA) is 40.5 Å². The first kappa shape index (κ1) is 10.5. The smallest absolute Gasteiger partial charge is 0.152 e. The van der Waals surface area contributed by atoms with Crippen LogP contribution in [0.1, 0.15) is 10.4 Å². The van der Waals surface area contributed by atoms with Crippen LogP contribution in [0.5, 0.6) is 11.5 Å². The van der Waals surface area contributed by atoms with Crippen molar-refractivity contribution in [3.8, 4) is 11.5 Å². The molecular formula is C12H13NO3. The van der Waals surface area contributed by atoms with Gasteiger partial charge in [-0.05, 0) is 12.1 Å². The van der Waals surface area contributed by atoms with E-state index in [4.69, 9.17) is 9.47 Å². The maximum absolute atomic E-state index is 11.0. The maximum Gasteiger partial charge on any atom is 0.152 e. The second kappa shape index (κ2) is 3.89. The van der Waals surface area contributed by atoms with E-state index in [1.807, 2.05) is 17.7 Å². The molecule has 0 N–H and O–H groups in total. The molecule has 84 valence electrons. The van der Waals surface area contributed by atoms with Crippen LogP contribution in [-0.2, 0) is 7.05 Å². The van der Waals surface area contributed by atoms with Crippen molar-refractivity contribution in [2.45, 2.75) is 0 Å². The zero-order valence-electron chi connectivity index (χ0n) is 9.48. The molecule has 1 aromatic carbocycles. The van der Waals surface area contributed by atoms with E-state index in [0.29, 0.717) is 11.3 Å². The molecule has 0 radical (unpaired) electrons. The first-order valence-corrected chi connectivity index (χ1v) is 4.88. The molecule has 0 aliphatic carbocycles. The first-order valence-electron chi connectivity index (χ1n) is 4.88. The highest BCUT2D eigenvalue weighted by molar-refractivity contribution is 6.03. The van der Waals surface area contributed by atoms with Crippen LogP contribution in [0.4, 0.5) is 0 Å². The lowest BCUT2D eigenvalue weighted by Gasteiger charge is -2.08. The largest absolute Gasteiger partial charge is 0.496 e. The highest BCUT2D eigenvalue weighted by Gasteiger charge is 2.15. The quantitative estimate of drug-likeness (QED) is 0.741. The van der Waals surface area contributed by atoms with Gasteiger partial charge in [0.15, 0.2) is 6.29 Å². The maximum atomic E-state index is 11.0. The Hall–Kier alpha value is -1.97. The first-order chi connectivity index (χ1) is 7.72. The van der Waals surface area contributed by atoms with Gasteiger partial charge < -0.3 is 14.0 Å². The molecule has 1 heterocycles. The highest BCUT2D eigenvalue weighted by Crippen LogP contribution is 2.35. The van der Waals surface area contributed by atoms with Gasteiger partial charge in [0.1, 0.15) is 11.5 Å². The van der Waals surface area contributed by atoms with Crippen molar-refractivity contribution in [1.29, 1.82) is 0 Å². The average Bonchev–Trinajstić information content (AvgIpc) is 2.66. The van der Waals surface area contributed by atoms with Crippen molar-refractivity contribution in [3.05, 3.63) is 23.9 Å². The summed E-state index contributed by atoms with van der Waals surface area (Å²) in [6.07, 6.45) is 2.59. The minimum Gasteiger partial charge on any atom is -0.496 e. The molecule has 1 aromatic heterocycles. The Morgan fingerprint density at radius 1 is 1.19 bits per heavy atom. The van der Waals surface area contributed by atoms with Crippen LogP contribution in [-0.4, -0.2) is 25.1 Å². The van der Waals surface area contributed by atoms with Crippen molar-refractivity contribution in [2.75, 3.05) is 14.2 Å². The number of rotatable bonds is 3. The van der Waals surface area contributed by atoms with Gasteiger partial charge in [-0.1, -0.05) is 0 Å². The zero-order chi connectivity index (χ0) is 11.7. The van der Waals surface area contributed by atoms with Crippen molar-refractivity contribution in [1.82, 2.24) is 4.57 Å². The third-order valence-electron chi connectivity index (χ3n) is 2.64. The number of carbonyl (C=O) groups excluding carboxylic acids is 1. The van der Waals surface area contributed by atoms with Gasteiger partial charge in [-0.25, -0.2) is 0 Å². The third-order valence-corrected chi connectivity index (χ3v) is 2.64. The summed E-state index contributed by atoms with van der Waals surface area (Å²) in [7, 11) is 5.06. The number of aldehydes is 1. The van der Waals surface area contributed by atoms with Gasteiger partial charge >= 0.3 is 0 Å². The van der Waals surface area contributed by atoms with Crippen LogP contribution in [0.2, 0.25) is 0 Å². The van der Waals surface area contributed by atoms with Gasteiger partial charge in [-0.3, -0.25) is 4.79 Å². The zero-order valence-corrected chi connectivity index (χ0v) is 9.48. The third kappa shape index (κ3) is 1.34.